The van der Waals surface area contributed by atoms with E-state index in [0.29, 0.717) is 6.61 Å². The number of aliphatic hydroxyl groups is 1. The second-order valence-electron chi connectivity index (χ2n) is 4.00. The van der Waals surface area contributed by atoms with E-state index in [1.54, 1.807) is 0 Å². The number of hydrogen-bond acceptors (Lipinski definition) is 3. The fourth-order valence-corrected chi connectivity index (χ4v) is 2.02. The fourth-order valence-electron chi connectivity index (χ4n) is 2.02. The van der Waals surface area contributed by atoms with Gasteiger partial charge in [0.2, 0.25) is 0 Å². The van der Waals surface area contributed by atoms with Crippen LogP contribution < -0.4 is 4.74 Å². The van der Waals surface area contributed by atoms with Crippen molar-refractivity contribution in [3.63, 3.8) is 0 Å². The minimum Gasteiger partial charge on any atom is -0.494 e. The van der Waals surface area contributed by atoms with E-state index >= 15 is 0 Å². The van der Waals surface area contributed by atoms with Gasteiger partial charge in [-0.3, -0.25) is 0 Å². The van der Waals surface area contributed by atoms with Crippen LogP contribution in [-0.4, -0.2) is 24.4 Å². The highest BCUT2D eigenvalue weighted by Crippen LogP contribution is 2.28. The Morgan fingerprint density at radius 3 is 3.12 bits per heavy atom. The van der Waals surface area contributed by atoms with Gasteiger partial charge in [0.15, 0.2) is 0 Å². The van der Waals surface area contributed by atoms with Gasteiger partial charge in [-0.15, -0.1) is 0 Å². The van der Waals surface area contributed by atoms with Crippen molar-refractivity contribution in [3.05, 3.63) is 29.8 Å². The summed E-state index contributed by atoms with van der Waals surface area (Å²) in [6.07, 6.45) is 1.37. The molecule has 2 atom stereocenters. The molecule has 0 aliphatic carbocycles. The Labute approximate surface area is 96.0 Å². The summed E-state index contributed by atoms with van der Waals surface area (Å²) in [5.41, 5.74) is 0.873. The van der Waals surface area contributed by atoms with E-state index in [1.807, 2.05) is 31.2 Å². The highest BCUT2D eigenvalue weighted by Gasteiger charge is 2.25. The average Bonchev–Trinajstić information content (AvgIpc) is 2.82. The second kappa shape index (κ2) is 5.32. The molecule has 2 unspecified atom stereocenters. The Balaban J connectivity index is 2.09. The van der Waals surface area contributed by atoms with Gasteiger partial charge in [-0.05, 0) is 37.5 Å². The third-order valence-corrected chi connectivity index (χ3v) is 2.83. The average molecular weight is 222 g/mol. The van der Waals surface area contributed by atoms with E-state index in [1.165, 1.54) is 0 Å². The molecule has 2 rings (SSSR count). The molecule has 0 spiro atoms. The van der Waals surface area contributed by atoms with E-state index in [4.69, 9.17) is 9.47 Å². The molecule has 0 amide bonds. The molecule has 0 saturated carbocycles. The summed E-state index contributed by atoms with van der Waals surface area (Å²) in [6.45, 7) is 3.34. The summed E-state index contributed by atoms with van der Waals surface area (Å²) in [5.74, 6) is 0.803. The predicted molar refractivity (Wildman–Crippen MR) is 61.5 cm³/mol. The lowest BCUT2D eigenvalue weighted by Gasteiger charge is -2.18. The molecule has 1 N–H and O–H groups in total. The number of ether oxygens (including phenoxy) is 2. The van der Waals surface area contributed by atoms with Crippen molar-refractivity contribution in [2.75, 3.05) is 13.2 Å². The number of hydrogen-bond donors (Lipinski definition) is 1. The molecule has 0 aromatic heterocycles. The molecule has 1 saturated heterocycles. The molecular weight excluding hydrogens is 204 g/mol. The maximum Gasteiger partial charge on any atom is 0.119 e. The highest BCUT2D eigenvalue weighted by molar-refractivity contribution is 5.30. The van der Waals surface area contributed by atoms with E-state index in [2.05, 4.69) is 0 Å². The van der Waals surface area contributed by atoms with Gasteiger partial charge in [0.05, 0.1) is 12.7 Å². The summed E-state index contributed by atoms with van der Waals surface area (Å²) >= 11 is 0. The monoisotopic (exact) mass is 222 g/mol. The first-order valence-corrected chi connectivity index (χ1v) is 5.83. The van der Waals surface area contributed by atoms with Crippen molar-refractivity contribution in [2.24, 2.45) is 0 Å². The van der Waals surface area contributed by atoms with Crippen molar-refractivity contribution in [1.82, 2.24) is 0 Å². The zero-order valence-electron chi connectivity index (χ0n) is 9.56. The van der Waals surface area contributed by atoms with Crippen LogP contribution in [0, 0.1) is 0 Å². The van der Waals surface area contributed by atoms with Crippen molar-refractivity contribution in [2.45, 2.75) is 32.0 Å². The molecule has 88 valence electrons. The van der Waals surface area contributed by atoms with Crippen molar-refractivity contribution in [1.29, 1.82) is 0 Å². The van der Waals surface area contributed by atoms with Crippen LogP contribution in [0.2, 0.25) is 0 Å². The maximum absolute atomic E-state index is 10.1. The van der Waals surface area contributed by atoms with Crippen molar-refractivity contribution in [3.8, 4) is 5.75 Å². The molecule has 1 aliphatic heterocycles. The van der Waals surface area contributed by atoms with E-state index < -0.39 is 6.10 Å². The standard InChI is InChI=1S/C13H18O3/c1-2-15-11-6-3-5-10(9-11)13(14)12-7-4-8-16-12/h3,5-6,9,12-14H,2,4,7-8H2,1H3. The Hall–Kier alpha value is -1.06. The van der Waals surface area contributed by atoms with Gasteiger partial charge < -0.3 is 14.6 Å². The molecule has 3 heteroatoms. The zero-order valence-corrected chi connectivity index (χ0v) is 9.56. The van der Waals surface area contributed by atoms with Crippen LogP contribution in [-0.2, 0) is 4.74 Å². The normalized spacial score (nSPS) is 22.0. The minimum absolute atomic E-state index is 0.0584. The van der Waals surface area contributed by atoms with Gasteiger partial charge in [-0.2, -0.15) is 0 Å². The maximum atomic E-state index is 10.1. The summed E-state index contributed by atoms with van der Waals surface area (Å²) in [7, 11) is 0. The summed E-state index contributed by atoms with van der Waals surface area (Å²) in [4.78, 5) is 0. The van der Waals surface area contributed by atoms with Crippen LogP contribution in [0.15, 0.2) is 24.3 Å². The third-order valence-electron chi connectivity index (χ3n) is 2.83. The lowest BCUT2D eigenvalue weighted by Crippen LogP contribution is -2.17. The Morgan fingerprint density at radius 1 is 1.56 bits per heavy atom. The lowest BCUT2D eigenvalue weighted by atomic mass is 10.0. The van der Waals surface area contributed by atoms with Crippen molar-refractivity contribution < 1.29 is 14.6 Å². The zero-order chi connectivity index (χ0) is 11.4. The van der Waals surface area contributed by atoms with Crippen LogP contribution in [0.4, 0.5) is 0 Å². The molecular formula is C13H18O3. The number of benzene rings is 1. The third kappa shape index (κ3) is 2.54. The minimum atomic E-state index is -0.539. The summed E-state index contributed by atoms with van der Waals surface area (Å²) in [5, 5.41) is 10.1. The van der Waals surface area contributed by atoms with Crippen LogP contribution in [0.1, 0.15) is 31.4 Å². The van der Waals surface area contributed by atoms with Gasteiger partial charge in [0.1, 0.15) is 11.9 Å². The largest absolute Gasteiger partial charge is 0.494 e. The smallest absolute Gasteiger partial charge is 0.119 e. The highest BCUT2D eigenvalue weighted by atomic mass is 16.5. The molecule has 0 radical (unpaired) electrons. The van der Waals surface area contributed by atoms with Gasteiger partial charge in [-0.25, -0.2) is 0 Å². The van der Waals surface area contributed by atoms with E-state index in [-0.39, 0.29) is 6.10 Å². The van der Waals surface area contributed by atoms with Crippen LogP contribution >= 0.6 is 0 Å². The molecule has 1 aliphatic rings. The molecule has 1 aromatic rings. The molecule has 1 aromatic carbocycles. The lowest BCUT2D eigenvalue weighted by molar-refractivity contribution is -0.00268. The summed E-state index contributed by atoms with van der Waals surface area (Å²) in [6, 6.07) is 7.60. The topological polar surface area (TPSA) is 38.7 Å². The first-order valence-electron chi connectivity index (χ1n) is 5.83. The van der Waals surface area contributed by atoms with Crippen molar-refractivity contribution >= 4 is 0 Å². The molecule has 1 heterocycles. The van der Waals surface area contributed by atoms with Gasteiger partial charge in [0.25, 0.3) is 0 Å². The number of aliphatic hydroxyl groups excluding tert-OH is 1. The van der Waals surface area contributed by atoms with Crippen LogP contribution in [0.25, 0.3) is 0 Å². The Kier molecular flexibility index (Phi) is 3.80. The second-order valence-corrected chi connectivity index (χ2v) is 4.00. The van der Waals surface area contributed by atoms with Crippen LogP contribution in [0.3, 0.4) is 0 Å². The molecule has 16 heavy (non-hydrogen) atoms. The quantitative estimate of drug-likeness (QED) is 0.849. The Morgan fingerprint density at radius 2 is 2.44 bits per heavy atom. The first-order chi connectivity index (χ1) is 7.81. The number of rotatable bonds is 4. The summed E-state index contributed by atoms with van der Waals surface area (Å²) < 4.78 is 10.9. The SMILES string of the molecule is CCOc1cccc(C(O)C2CCCO2)c1. The van der Waals surface area contributed by atoms with Gasteiger partial charge in [-0.1, -0.05) is 12.1 Å². The van der Waals surface area contributed by atoms with Gasteiger partial charge in [0, 0.05) is 6.61 Å². The molecule has 3 nitrogen and oxygen atoms in total. The first kappa shape index (κ1) is 11.4. The van der Waals surface area contributed by atoms with Crippen LogP contribution in [0.5, 0.6) is 5.75 Å². The molecule has 1 fully saturated rings. The van der Waals surface area contributed by atoms with E-state index in [9.17, 15) is 5.11 Å². The molecule has 0 bridgehead atoms. The van der Waals surface area contributed by atoms with E-state index in [0.717, 1.165) is 30.8 Å². The Bertz CT molecular complexity index is 332. The van der Waals surface area contributed by atoms with Gasteiger partial charge >= 0.3 is 0 Å². The predicted octanol–water partition coefficient (Wildman–Crippen LogP) is 2.30. The fraction of sp³-hybridized carbons (Fsp3) is 0.538.